The Morgan fingerprint density at radius 1 is 1.25 bits per heavy atom. The number of nitriles is 1. The largest absolute Gasteiger partial charge is 0.445 e. The second-order valence-electron chi connectivity index (χ2n) is 5.63. The van der Waals surface area contributed by atoms with Gasteiger partial charge < -0.3 is 9.64 Å². The number of nitrogens with zero attached hydrogens (tertiary/aromatic N) is 2. The zero-order chi connectivity index (χ0) is 13.9. The fraction of sp³-hybridized carbons (Fsp3) is 0.500. The number of benzene rings is 1. The number of amides is 1. The minimum atomic E-state index is -0.224. The van der Waals surface area contributed by atoms with Crippen molar-refractivity contribution in [2.75, 3.05) is 0 Å². The van der Waals surface area contributed by atoms with Crippen LogP contribution in [0, 0.1) is 17.2 Å². The van der Waals surface area contributed by atoms with Gasteiger partial charge >= 0.3 is 6.09 Å². The van der Waals surface area contributed by atoms with Crippen molar-refractivity contribution in [2.24, 2.45) is 5.92 Å². The molecule has 2 heterocycles. The van der Waals surface area contributed by atoms with Crippen molar-refractivity contribution in [1.82, 2.24) is 4.90 Å². The van der Waals surface area contributed by atoms with Crippen LogP contribution in [0.15, 0.2) is 30.3 Å². The van der Waals surface area contributed by atoms with Crippen molar-refractivity contribution in [2.45, 2.75) is 44.4 Å². The fourth-order valence-corrected chi connectivity index (χ4v) is 3.37. The lowest BCUT2D eigenvalue weighted by molar-refractivity contribution is 0.0588. The van der Waals surface area contributed by atoms with Gasteiger partial charge in [0, 0.05) is 12.1 Å². The molecule has 4 nitrogen and oxygen atoms in total. The second-order valence-corrected chi connectivity index (χ2v) is 5.63. The summed E-state index contributed by atoms with van der Waals surface area (Å²) in [6, 6.07) is 12.4. The summed E-state index contributed by atoms with van der Waals surface area (Å²) in [7, 11) is 0. The molecule has 2 unspecified atom stereocenters. The van der Waals surface area contributed by atoms with Crippen LogP contribution in [0.5, 0.6) is 0 Å². The first-order valence-corrected chi connectivity index (χ1v) is 7.16. The Bertz CT molecular complexity index is 509. The molecule has 20 heavy (non-hydrogen) atoms. The number of ether oxygens (including phenoxy) is 1. The van der Waals surface area contributed by atoms with E-state index in [1.165, 1.54) is 0 Å². The van der Waals surface area contributed by atoms with Crippen molar-refractivity contribution < 1.29 is 9.53 Å². The molecule has 2 bridgehead atoms. The van der Waals surface area contributed by atoms with Crippen LogP contribution in [0.4, 0.5) is 4.79 Å². The molecule has 0 aliphatic carbocycles. The first kappa shape index (κ1) is 13.0. The zero-order valence-electron chi connectivity index (χ0n) is 11.4. The van der Waals surface area contributed by atoms with Gasteiger partial charge in [0.1, 0.15) is 6.61 Å². The summed E-state index contributed by atoms with van der Waals surface area (Å²) in [6.45, 7) is 0.317. The standard InChI is InChI=1S/C16H18N2O2/c17-10-13-8-14-6-7-15(9-13)18(14)16(19)20-11-12-4-2-1-3-5-12/h1-5,13-15H,6-9,11H2. The molecule has 0 radical (unpaired) electrons. The number of fused-ring (bicyclic) bond motifs is 2. The number of carbonyl (C=O) groups excluding carboxylic acids is 1. The molecule has 0 N–H and O–H groups in total. The van der Waals surface area contributed by atoms with Gasteiger partial charge in [0.05, 0.1) is 12.0 Å². The maximum absolute atomic E-state index is 12.2. The lowest BCUT2D eigenvalue weighted by Crippen LogP contribution is -2.46. The first-order chi connectivity index (χ1) is 9.78. The topological polar surface area (TPSA) is 53.3 Å². The Labute approximate surface area is 118 Å². The number of piperidine rings is 1. The van der Waals surface area contributed by atoms with Crippen LogP contribution in [0.3, 0.4) is 0 Å². The third kappa shape index (κ3) is 2.49. The summed E-state index contributed by atoms with van der Waals surface area (Å²) in [5.74, 6) is 0.102. The fourth-order valence-electron chi connectivity index (χ4n) is 3.37. The van der Waals surface area contributed by atoms with E-state index in [-0.39, 0.29) is 24.1 Å². The monoisotopic (exact) mass is 270 g/mol. The number of carbonyl (C=O) groups is 1. The minimum absolute atomic E-state index is 0.102. The Hall–Kier alpha value is -2.02. The van der Waals surface area contributed by atoms with E-state index in [1.54, 1.807) is 0 Å². The summed E-state index contributed by atoms with van der Waals surface area (Å²) < 4.78 is 5.42. The molecule has 104 valence electrons. The highest BCUT2D eigenvalue weighted by Crippen LogP contribution is 2.38. The molecule has 0 aromatic heterocycles. The summed E-state index contributed by atoms with van der Waals surface area (Å²) >= 11 is 0. The Kier molecular flexibility index (Phi) is 3.60. The van der Waals surface area contributed by atoms with Crippen LogP contribution in [-0.2, 0) is 11.3 Å². The highest BCUT2D eigenvalue weighted by atomic mass is 16.6. The van der Waals surface area contributed by atoms with Crippen LogP contribution < -0.4 is 0 Å². The predicted molar refractivity (Wildman–Crippen MR) is 73.6 cm³/mol. The number of hydrogen-bond donors (Lipinski definition) is 0. The summed E-state index contributed by atoms with van der Waals surface area (Å²) in [4.78, 5) is 14.1. The molecule has 2 atom stereocenters. The van der Waals surface area contributed by atoms with Crippen LogP contribution in [0.1, 0.15) is 31.2 Å². The van der Waals surface area contributed by atoms with E-state index >= 15 is 0 Å². The summed E-state index contributed by atoms with van der Waals surface area (Å²) in [5.41, 5.74) is 1.00. The molecule has 1 aromatic carbocycles. The minimum Gasteiger partial charge on any atom is -0.445 e. The zero-order valence-corrected chi connectivity index (χ0v) is 11.4. The molecule has 1 aromatic rings. The average molecular weight is 270 g/mol. The molecule has 2 aliphatic rings. The molecule has 0 saturated carbocycles. The van der Waals surface area contributed by atoms with Gasteiger partial charge in [0.25, 0.3) is 0 Å². The molecule has 2 saturated heterocycles. The van der Waals surface area contributed by atoms with Gasteiger partial charge in [-0.05, 0) is 31.2 Å². The SMILES string of the molecule is N#CC1CC2CCC(C1)N2C(=O)OCc1ccccc1. The Balaban J connectivity index is 1.60. The van der Waals surface area contributed by atoms with E-state index in [9.17, 15) is 4.79 Å². The Morgan fingerprint density at radius 3 is 2.50 bits per heavy atom. The van der Waals surface area contributed by atoms with Gasteiger partial charge in [-0.15, -0.1) is 0 Å². The summed E-state index contributed by atoms with van der Waals surface area (Å²) in [6.07, 6.45) is 3.38. The number of hydrogen-bond acceptors (Lipinski definition) is 3. The van der Waals surface area contributed by atoms with Crippen molar-refractivity contribution in [3.05, 3.63) is 35.9 Å². The van der Waals surface area contributed by atoms with E-state index in [0.29, 0.717) is 6.61 Å². The molecule has 1 amide bonds. The smallest absolute Gasteiger partial charge is 0.410 e. The van der Waals surface area contributed by atoms with Crippen molar-refractivity contribution in [3.63, 3.8) is 0 Å². The third-order valence-corrected chi connectivity index (χ3v) is 4.33. The highest BCUT2D eigenvalue weighted by molar-refractivity contribution is 5.69. The van der Waals surface area contributed by atoms with Crippen molar-refractivity contribution >= 4 is 6.09 Å². The molecule has 2 aliphatic heterocycles. The first-order valence-electron chi connectivity index (χ1n) is 7.16. The molecular formula is C16H18N2O2. The van der Waals surface area contributed by atoms with E-state index in [2.05, 4.69) is 6.07 Å². The summed E-state index contributed by atoms with van der Waals surface area (Å²) in [5, 5.41) is 9.05. The van der Waals surface area contributed by atoms with Gasteiger partial charge in [0.2, 0.25) is 0 Å². The van der Waals surface area contributed by atoms with Gasteiger partial charge in [-0.25, -0.2) is 4.79 Å². The third-order valence-electron chi connectivity index (χ3n) is 4.33. The van der Waals surface area contributed by atoms with Crippen molar-refractivity contribution in [3.8, 4) is 6.07 Å². The van der Waals surface area contributed by atoms with Gasteiger partial charge in [-0.2, -0.15) is 5.26 Å². The number of rotatable bonds is 2. The van der Waals surface area contributed by atoms with Crippen LogP contribution in [-0.4, -0.2) is 23.1 Å². The molecule has 2 fully saturated rings. The van der Waals surface area contributed by atoms with Crippen molar-refractivity contribution in [1.29, 1.82) is 5.26 Å². The average Bonchev–Trinajstić information content (AvgIpc) is 2.76. The normalized spacial score (nSPS) is 27.9. The van der Waals surface area contributed by atoms with Crippen LogP contribution >= 0.6 is 0 Å². The van der Waals surface area contributed by atoms with E-state index in [1.807, 2.05) is 35.2 Å². The lowest BCUT2D eigenvalue weighted by Gasteiger charge is -2.35. The quantitative estimate of drug-likeness (QED) is 0.829. The molecule has 3 rings (SSSR count). The van der Waals surface area contributed by atoms with E-state index in [4.69, 9.17) is 10.00 Å². The van der Waals surface area contributed by atoms with E-state index in [0.717, 1.165) is 31.2 Å². The second kappa shape index (κ2) is 5.54. The highest BCUT2D eigenvalue weighted by Gasteiger charge is 2.44. The van der Waals surface area contributed by atoms with E-state index < -0.39 is 0 Å². The lowest BCUT2D eigenvalue weighted by atomic mass is 9.92. The maximum atomic E-state index is 12.2. The molecule has 0 spiro atoms. The van der Waals surface area contributed by atoms with Crippen LogP contribution in [0.25, 0.3) is 0 Å². The Morgan fingerprint density at radius 2 is 1.90 bits per heavy atom. The maximum Gasteiger partial charge on any atom is 0.410 e. The van der Waals surface area contributed by atoms with Crippen LogP contribution in [0.2, 0.25) is 0 Å². The van der Waals surface area contributed by atoms with Gasteiger partial charge in [0.15, 0.2) is 0 Å². The molecule has 4 heteroatoms. The molecular weight excluding hydrogens is 252 g/mol. The van der Waals surface area contributed by atoms with Gasteiger partial charge in [-0.3, -0.25) is 0 Å². The van der Waals surface area contributed by atoms with Gasteiger partial charge in [-0.1, -0.05) is 30.3 Å². The predicted octanol–water partition coefficient (Wildman–Crippen LogP) is 3.09.